The van der Waals surface area contributed by atoms with E-state index in [1.807, 2.05) is 6.07 Å². The third-order valence-electron chi connectivity index (χ3n) is 5.92. The number of carboxylic acid groups (broad SMARTS) is 1. The fourth-order valence-corrected chi connectivity index (χ4v) is 4.19. The van der Waals surface area contributed by atoms with Gasteiger partial charge in [0.15, 0.2) is 11.2 Å². The zero-order valence-electron chi connectivity index (χ0n) is 18.5. The van der Waals surface area contributed by atoms with E-state index in [-0.39, 0.29) is 11.1 Å². The van der Waals surface area contributed by atoms with Crippen molar-refractivity contribution >= 4 is 17.3 Å². The smallest absolute Gasteiger partial charge is 0.326 e. The molecule has 0 aliphatic heterocycles. The van der Waals surface area contributed by atoms with Gasteiger partial charge in [-0.2, -0.15) is 0 Å². The normalized spacial score (nSPS) is 14.8. The highest BCUT2D eigenvalue weighted by atomic mass is 19.1. The van der Waals surface area contributed by atoms with E-state index in [4.69, 9.17) is 0 Å². The van der Waals surface area contributed by atoms with Crippen LogP contribution in [0.3, 0.4) is 0 Å². The number of rotatable bonds is 9. The molecule has 0 amide bonds. The Morgan fingerprint density at radius 3 is 2.12 bits per heavy atom. The largest absolute Gasteiger partial charge is 0.480 e. The van der Waals surface area contributed by atoms with Gasteiger partial charge in [-0.1, -0.05) is 69.0 Å². The molecule has 3 unspecified atom stereocenters. The first-order chi connectivity index (χ1) is 15.7. The summed E-state index contributed by atoms with van der Waals surface area (Å²) < 4.78 is 13.7. The molecule has 0 bridgehead atoms. The topological polar surface area (TPSA) is 87.5 Å². The fourth-order valence-electron chi connectivity index (χ4n) is 4.19. The Bertz CT molecular complexity index is 1130. The molecule has 0 radical (unpaired) electrons. The SMILES string of the molecule is C=C(c1ccccc1)C(O)C(C(=O)C(C(=O)O)(c1ccc(F)cc1)c1cccnc1)C(C)C. The van der Waals surface area contributed by atoms with Crippen molar-refractivity contribution in [1.29, 1.82) is 0 Å². The van der Waals surface area contributed by atoms with Crippen molar-refractivity contribution in [2.24, 2.45) is 11.8 Å². The summed E-state index contributed by atoms with van der Waals surface area (Å²) in [6, 6.07) is 16.7. The van der Waals surface area contributed by atoms with E-state index in [0.717, 1.165) is 12.1 Å². The summed E-state index contributed by atoms with van der Waals surface area (Å²) in [5, 5.41) is 21.8. The second-order valence-corrected chi connectivity index (χ2v) is 8.27. The van der Waals surface area contributed by atoms with Gasteiger partial charge in [0, 0.05) is 12.4 Å². The molecular formula is C27H26FNO4. The van der Waals surface area contributed by atoms with Crippen molar-refractivity contribution < 1.29 is 24.2 Å². The Morgan fingerprint density at radius 2 is 1.61 bits per heavy atom. The number of pyridine rings is 1. The number of benzene rings is 2. The molecule has 1 aromatic heterocycles. The molecule has 0 spiro atoms. The van der Waals surface area contributed by atoms with E-state index in [1.54, 1.807) is 38.1 Å². The lowest BCUT2D eigenvalue weighted by Gasteiger charge is -2.36. The van der Waals surface area contributed by atoms with Gasteiger partial charge in [0.05, 0.1) is 12.0 Å². The maximum Gasteiger partial charge on any atom is 0.326 e. The molecule has 0 aliphatic carbocycles. The minimum Gasteiger partial charge on any atom is -0.480 e. The van der Waals surface area contributed by atoms with Crippen molar-refractivity contribution in [3.63, 3.8) is 0 Å². The summed E-state index contributed by atoms with van der Waals surface area (Å²) in [5.41, 5.74) is -1.04. The molecule has 2 N–H and O–H groups in total. The quantitative estimate of drug-likeness (QED) is 0.472. The van der Waals surface area contributed by atoms with Crippen LogP contribution in [0.25, 0.3) is 5.57 Å². The Hall–Kier alpha value is -3.64. The lowest BCUT2D eigenvalue weighted by Crippen LogP contribution is -2.51. The second kappa shape index (κ2) is 9.88. The molecule has 2 aromatic carbocycles. The van der Waals surface area contributed by atoms with Crippen LogP contribution in [-0.2, 0) is 15.0 Å². The molecule has 3 aromatic rings. The zero-order valence-corrected chi connectivity index (χ0v) is 18.5. The number of nitrogens with zero attached hydrogens (tertiary/aromatic N) is 1. The first kappa shape index (κ1) is 24.0. The van der Waals surface area contributed by atoms with Crippen LogP contribution in [0.1, 0.15) is 30.5 Å². The molecule has 0 saturated heterocycles. The monoisotopic (exact) mass is 447 g/mol. The minimum atomic E-state index is -2.20. The zero-order chi connectivity index (χ0) is 24.2. The van der Waals surface area contributed by atoms with Crippen molar-refractivity contribution in [2.45, 2.75) is 25.4 Å². The standard InChI is InChI=1S/C27H26FNO4/c1-17(2)23(24(30)18(3)19-8-5-4-6-9-19)25(31)27(26(32)33,21-10-7-15-29-16-21)20-11-13-22(28)14-12-20/h4-17,23-24,30H,3H2,1-2H3,(H,32,33). The van der Waals surface area contributed by atoms with Crippen LogP contribution in [0.15, 0.2) is 85.7 Å². The minimum absolute atomic E-state index is 0.0811. The first-order valence-corrected chi connectivity index (χ1v) is 10.6. The van der Waals surface area contributed by atoms with Gasteiger partial charge in [-0.3, -0.25) is 14.6 Å². The number of Topliss-reactive ketones (excluding diaryl/α,β-unsaturated/α-hetero) is 1. The Labute approximate surface area is 192 Å². The van der Waals surface area contributed by atoms with E-state index in [1.165, 1.54) is 36.7 Å². The van der Waals surface area contributed by atoms with Crippen molar-refractivity contribution in [1.82, 2.24) is 4.98 Å². The van der Waals surface area contributed by atoms with Gasteiger partial charge < -0.3 is 10.2 Å². The van der Waals surface area contributed by atoms with Crippen molar-refractivity contribution in [3.8, 4) is 0 Å². The maximum atomic E-state index is 14.2. The van der Waals surface area contributed by atoms with E-state index in [2.05, 4.69) is 11.6 Å². The van der Waals surface area contributed by atoms with Crippen LogP contribution < -0.4 is 0 Å². The lowest BCUT2D eigenvalue weighted by molar-refractivity contribution is -0.149. The average Bonchev–Trinajstić information content (AvgIpc) is 2.81. The highest BCUT2D eigenvalue weighted by Gasteiger charge is 2.54. The van der Waals surface area contributed by atoms with Crippen LogP contribution in [0.5, 0.6) is 0 Å². The number of aliphatic hydroxyl groups is 1. The van der Waals surface area contributed by atoms with Gasteiger partial charge in [-0.05, 0) is 46.4 Å². The van der Waals surface area contributed by atoms with Gasteiger partial charge in [-0.25, -0.2) is 4.39 Å². The number of carbonyl (C=O) groups is 2. The lowest BCUT2D eigenvalue weighted by atomic mass is 9.64. The van der Waals surface area contributed by atoms with E-state index in [0.29, 0.717) is 11.1 Å². The highest BCUT2D eigenvalue weighted by Crippen LogP contribution is 2.40. The molecule has 5 nitrogen and oxygen atoms in total. The van der Waals surface area contributed by atoms with Gasteiger partial charge in [0.2, 0.25) is 0 Å². The number of aromatic nitrogens is 1. The molecule has 3 atom stereocenters. The molecule has 3 rings (SSSR count). The summed E-state index contributed by atoms with van der Waals surface area (Å²) in [6.45, 7) is 7.46. The average molecular weight is 448 g/mol. The number of carbonyl (C=O) groups excluding carboxylic acids is 1. The summed E-state index contributed by atoms with van der Waals surface area (Å²) in [7, 11) is 0. The van der Waals surface area contributed by atoms with Crippen LogP contribution in [0, 0.1) is 17.7 Å². The van der Waals surface area contributed by atoms with Gasteiger partial charge in [-0.15, -0.1) is 0 Å². The number of halogens is 1. The fraction of sp³-hybridized carbons (Fsp3) is 0.222. The molecule has 1 heterocycles. The number of carboxylic acids is 1. The number of aliphatic carboxylic acids is 1. The van der Waals surface area contributed by atoms with Crippen molar-refractivity contribution in [3.05, 3.63) is 108 Å². The molecular weight excluding hydrogens is 421 g/mol. The van der Waals surface area contributed by atoms with Crippen LogP contribution in [0.2, 0.25) is 0 Å². The van der Waals surface area contributed by atoms with E-state index >= 15 is 0 Å². The number of hydrogen-bond acceptors (Lipinski definition) is 4. The van der Waals surface area contributed by atoms with Gasteiger partial charge in [0.1, 0.15) is 5.82 Å². The molecule has 0 aliphatic rings. The predicted molar refractivity (Wildman–Crippen MR) is 124 cm³/mol. The van der Waals surface area contributed by atoms with Gasteiger partial charge in [0.25, 0.3) is 0 Å². The van der Waals surface area contributed by atoms with Crippen molar-refractivity contribution in [2.75, 3.05) is 0 Å². The Kier molecular flexibility index (Phi) is 7.19. The molecule has 33 heavy (non-hydrogen) atoms. The third kappa shape index (κ3) is 4.47. The Morgan fingerprint density at radius 1 is 0.970 bits per heavy atom. The summed E-state index contributed by atoms with van der Waals surface area (Å²) in [6.07, 6.45) is 1.44. The van der Waals surface area contributed by atoms with E-state index < -0.39 is 40.9 Å². The van der Waals surface area contributed by atoms with Crippen LogP contribution >= 0.6 is 0 Å². The second-order valence-electron chi connectivity index (χ2n) is 8.27. The van der Waals surface area contributed by atoms with E-state index in [9.17, 15) is 24.2 Å². The van der Waals surface area contributed by atoms with Gasteiger partial charge >= 0.3 is 5.97 Å². The number of aliphatic hydroxyl groups excluding tert-OH is 1. The summed E-state index contributed by atoms with van der Waals surface area (Å²) in [4.78, 5) is 31.1. The molecule has 0 fully saturated rings. The van der Waals surface area contributed by atoms with Crippen LogP contribution in [-0.4, -0.2) is 33.1 Å². The summed E-state index contributed by atoms with van der Waals surface area (Å²) in [5.74, 6) is -4.26. The summed E-state index contributed by atoms with van der Waals surface area (Å²) >= 11 is 0. The third-order valence-corrected chi connectivity index (χ3v) is 5.92. The number of hydrogen-bond donors (Lipinski definition) is 2. The first-order valence-electron chi connectivity index (χ1n) is 10.6. The molecule has 6 heteroatoms. The predicted octanol–water partition coefficient (Wildman–Crippen LogP) is 4.51. The molecule has 0 saturated carbocycles. The Balaban J connectivity index is 2.21. The maximum absolute atomic E-state index is 14.2. The van der Waals surface area contributed by atoms with Crippen LogP contribution in [0.4, 0.5) is 4.39 Å². The highest BCUT2D eigenvalue weighted by molar-refractivity contribution is 6.14. The number of ketones is 1. The molecule has 170 valence electrons.